The zero-order chi connectivity index (χ0) is 11.2. The van der Waals surface area contributed by atoms with E-state index in [0.717, 1.165) is 17.8 Å². The van der Waals surface area contributed by atoms with E-state index in [1.807, 2.05) is 0 Å². The average Bonchev–Trinajstić information content (AvgIpc) is 2.96. The number of benzene rings is 1. The Kier molecular flexibility index (Phi) is 2.01. The standard InChI is InChI=1S/C12H13N3S/c1-8-4-2-3-5-9(8)12(6-7-12)10-14-15-11(13)16-10/h2-5H,6-7H2,1H3,(H2,13,15). The number of hydrogen-bond donors (Lipinski definition) is 1. The summed E-state index contributed by atoms with van der Waals surface area (Å²) in [5.74, 6) is 0. The van der Waals surface area contributed by atoms with Crippen LogP contribution in [0.2, 0.25) is 0 Å². The number of rotatable bonds is 2. The fourth-order valence-electron chi connectivity index (χ4n) is 2.26. The molecule has 0 bridgehead atoms. The molecule has 1 aliphatic rings. The number of nitrogens with zero attached hydrogens (tertiary/aromatic N) is 2. The van der Waals surface area contributed by atoms with Crippen LogP contribution in [-0.4, -0.2) is 10.2 Å². The molecule has 1 saturated carbocycles. The van der Waals surface area contributed by atoms with Crippen molar-refractivity contribution in [3.63, 3.8) is 0 Å². The number of nitrogens with two attached hydrogens (primary N) is 1. The van der Waals surface area contributed by atoms with Crippen molar-refractivity contribution in [1.29, 1.82) is 0 Å². The molecule has 0 atom stereocenters. The highest BCUT2D eigenvalue weighted by Gasteiger charge is 2.49. The number of nitrogen functional groups attached to an aromatic ring is 1. The smallest absolute Gasteiger partial charge is 0.203 e. The second-order valence-corrected chi connectivity index (χ2v) is 5.35. The van der Waals surface area contributed by atoms with Crippen molar-refractivity contribution in [2.45, 2.75) is 25.2 Å². The summed E-state index contributed by atoms with van der Waals surface area (Å²) in [6.07, 6.45) is 2.32. The summed E-state index contributed by atoms with van der Waals surface area (Å²) in [5.41, 5.74) is 8.48. The van der Waals surface area contributed by atoms with E-state index < -0.39 is 0 Å². The van der Waals surface area contributed by atoms with Crippen molar-refractivity contribution in [3.8, 4) is 0 Å². The molecular weight excluding hydrogens is 218 g/mol. The Morgan fingerprint density at radius 1 is 1.25 bits per heavy atom. The summed E-state index contributed by atoms with van der Waals surface area (Å²) in [5, 5.41) is 9.77. The molecule has 0 unspecified atom stereocenters. The topological polar surface area (TPSA) is 51.8 Å². The van der Waals surface area contributed by atoms with Crippen molar-refractivity contribution >= 4 is 16.5 Å². The molecule has 1 aliphatic carbocycles. The Morgan fingerprint density at radius 3 is 2.56 bits per heavy atom. The van der Waals surface area contributed by atoms with E-state index in [1.165, 1.54) is 22.5 Å². The van der Waals surface area contributed by atoms with Gasteiger partial charge in [-0.15, -0.1) is 10.2 Å². The van der Waals surface area contributed by atoms with Gasteiger partial charge in [0.05, 0.1) is 0 Å². The summed E-state index contributed by atoms with van der Waals surface area (Å²) >= 11 is 1.52. The van der Waals surface area contributed by atoms with Crippen LogP contribution in [0.3, 0.4) is 0 Å². The molecule has 2 N–H and O–H groups in total. The van der Waals surface area contributed by atoms with Gasteiger partial charge in [0.2, 0.25) is 5.13 Å². The summed E-state index contributed by atoms with van der Waals surface area (Å²) in [6.45, 7) is 2.15. The molecule has 1 aromatic heterocycles. The fraction of sp³-hybridized carbons (Fsp3) is 0.333. The molecule has 1 fully saturated rings. The molecule has 0 spiro atoms. The second-order valence-electron chi connectivity index (χ2n) is 4.34. The Hall–Kier alpha value is -1.42. The van der Waals surface area contributed by atoms with Crippen molar-refractivity contribution in [2.75, 3.05) is 5.73 Å². The lowest BCUT2D eigenvalue weighted by atomic mass is 9.93. The van der Waals surface area contributed by atoms with Crippen molar-refractivity contribution < 1.29 is 0 Å². The average molecular weight is 231 g/mol. The van der Waals surface area contributed by atoms with E-state index in [-0.39, 0.29) is 5.41 Å². The molecule has 2 aromatic rings. The van der Waals surface area contributed by atoms with Gasteiger partial charge in [-0.25, -0.2) is 0 Å². The molecule has 16 heavy (non-hydrogen) atoms. The number of aryl methyl sites for hydroxylation is 1. The van der Waals surface area contributed by atoms with Gasteiger partial charge in [0, 0.05) is 5.41 Å². The van der Waals surface area contributed by atoms with Crippen LogP contribution < -0.4 is 5.73 Å². The molecule has 0 saturated heterocycles. The van der Waals surface area contributed by atoms with Crippen molar-refractivity contribution in [2.24, 2.45) is 0 Å². The van der Waals surface area contributed by atoms with Gasteiger partial charge < -0.3 is 5.73 Å². The minimum Gasteiger partial charge on any atom is -0.374 e. The first kappa shape index (κ1) is 9.78. The number of hydrogen-bond acceptors (Lipinski definition) is 4. The molecule has 82 valence electrons. The van der Waals surface area contributed by atoms with Gasteiger partial charge in [-0.3, -0.25) is 0 Å². The van der Waals surface area contributed by atoms with E-state index in [2.05, 4.69) is 41.4 Å². The Morgan fingerprint density at radius 2 is 2.00 bits per heavy atom. The van der Waals surface area contributed by atoms with Crippen LogP contribution in [0, 0.1) is 6.92 Å². The van der Waals surface area contributed by atoms with Crippen LogP contribution >= 0.6 is 11.3 Å². The summed E-state index contributed by atoms with van der Waals surface area (Å²) < 4.78 is 0. The van der Waals surface area contributed by atoms with Crippen LogP contribution in [-0.2, 0) is 5.41 Å². The maximum Gasteiger partial charge on any atom is 0.203 e. The first-order valence-electron chi connectivity index (χ1n) is 5.38. The van der Waals surface area contributed by atoms with Crippen LogP contribution in [0.4, 0.5) is 5.13 Å². The molecule has 1 aromatic carbocycles. The van der Waals surface area contributed by atoms with Gasteiger partial charge in [-0.2, -0.15) is 0 Å². The SMILES string of the molecule is Cc1ccccc1C1(c2nnc(N)s2)CC1. The Labute approximate surface area is 98.3 Å². The van der Waals surface area contributed by atoms with E-state index in [0.29, 0.717) is 5.13 Å². The molecule has 4 heteroatoms. The summed E-state index contributed by atoms with van der Waals surface area (Å²) in [6, 6.07) is 8.51. The molecule has 0 aliphatic heterocycles. The number of anilines is 1. The molecule has 0 radical (unpaired) electrons. The lowest BCUT2D eigenvalue weighted by Gasteiger charge is -2.14. The highest BCUT2D eigenvalue weighted by Crippen LogP contribution is 2.55. The van der Waals surface area contributed by atoms with Gasteiger partial charge in [0.1, 0.15) is 5.01 Å². The molecular formula is C12H13N3S. The second kappa shape index (κ2) is 3.28. The Balaban J connectivity index is 2.10. The first-order chi connectivity index (χ1) is 7.72. The Bertz CT molecular complexity index is 529. The van der Waals surface area contributed by atoms with E-state index in [1.54, 1.807) is 0 Å². The zero-order valence-corrected chi connectivity index (χ0v) is 9.92. The maximum absolute atomic E-state index is 5.66. The largest absolute Gasteiger partial charge is 0.374 e. The highest BCUT2D eigenvalue weighted by atomic mass is 32.1. The lowest BCUT2D eigenvalue weighted by Crippen LogP contribution is -2.10. The quantitative estimate of drug-likeness (QED) is 0.864. The normalized spacial score (nSPS) is 17.3. The minimum atomic E-state index is 0.112. The third kappa shape index (κ3) is 1.33. The van der Waals surface area contributed by atoms with Gasteiger partial charge in [0.25, 0.3) is 0 Å². The van der Waals surface area contributed by atoms with E-state index >= 15 is 0 Å². The third-order valence-corrected chi connectivity index (χ3v) is 4.22. The molecule has 0 amide bonds. The zero-order valence-electron chi connectivity index (χ0n) is 9.10. The van der Waals surface area contributed by atoms with Crippen molar-refractivity contribution in [3.05, 3.63) is 40.4 Å². The third-order valence-electron chi connectivity index (χ3n) is 3.26. The van der Waals surface area contributed by atoms with Gasteiger partial charge in [-0.1, -0.05) is 35.6 Å². The maximum atomic E-state index is 5.66. The molecule has 3 nitrogen and oxygen atoms in total. The predicted molar refractivity (Wildman–Crippen MR) is 65.5 cm³/mol. The van der Waals surface area contributed by atoms with Gasteiger partial charge in [-0.05, 0) is 30.9 Å². The van der Waals surface area contributed by atoms with E-state index in [4.69, 9.17) is 5.73 Å². The fourth-order valence-corrected chi connectivity index (χ4v) is 3.13. The minimum absolute atomic E-state index is 0.112. The number of aromatic nitrogens is 2. The van der Waals surface area contributed by atoms with Crippen molar-refractivity contribution in [1.82, 2.24) is 10.2 Å². The molecule has 3 rings (SSSR count). The summed E-state index contributed by atoms with van der Waals surface area (Å²) in [4.78, 5) is 0. The predicted octanol–water partition coefficient (Wildman–Crippen LogP) is 2.51. The van der Waals surface area contributed by atoms with Gasteiger partial charge in [0.15, 0.2) is 0 Å². The molecule has 1 heterocycles. The van der Waals surface area contributed by atoms with Gasteiger partial charge >= 0.3 is 0 Å². The van der Waals surface area contributed by atoms with E-state index in [9.17, 15) is 0 Å². The van der Waals surface area contributed by atoms with Crippen LogP contribution in [0.5, 0.6) is 0 Å². The highest BCUT2D eigenvalue weighted by molar-refractivity contribution is 7.15. The van der Waals surface area contributed by atoms with Crippen LogP contribution in [0.25, 0.3) is 0 Å². The van der Waals surface area contributed by atoms with Crippen LogP contribution in [0.15, 0.2) is 24.3 Å². The summed E-state index contributed by atoms with van der Waals surface area (Å²) in [7, 11) is 0. The monoisotopic (exact) mass is 231 g/mol. The lowest BCUT2D eigenvalue weighted by molar-refractivity contribution is 0.800. The van der Waals surface area contributed by atoms with Crippen LogP contribution in [0.1, 0.15) is 29.0 Å². The first-order valence-corrected chi connectivity index (χ1v) is 6.20.